The maximum absolute atomic E-state index is 17.5. The highest BCUT2D eigenvalue weighted by atomic mass is 32.2. The lowest BCUT2D eigenvalue weighted by molar-refractivity contribution is -0.221. The second-order valence-electron chi connectivity index (χ2n) is 12.0. The van der Waals surface area contributed by atoms with Crippen molar-refractivity contribution in [3.05, 3.63) is 47.5 Å². The predicted octanol–water partition coefficient (Wildman–Crippen LogP) is 5.54. The van der Waals surface area contributed by atoms with Crippen molar-refractivity contribution >= 4 is 28.6 Å². The lowest BCUT2D eigenvalue weighted by atomic mass is 9.44. The number of halogens is 5. The summed E-state index contributed by atoms with van der Waals surface area (Å²) in [5.41, 5.74) is -7.89. The average Bonchev–Trinajstić information content (AvgIpc) is 3.49. The molecular weight excluding hydrogens is 585 g/mol. The smallest absolute Gasteiger partial charge is 0.444 e. The molecular formula is C29H28F5NO6S. The number of furan rings is 1. The highest BCUT2D eigenvalue weighted by Crippen LogP contribution is 2.72. The molecule has 5 rings (SSSR count). The molecule has 3 fully saturated rings. The van der Waals surface area contributed by atoms with Crippen LogP contribution in [0.1, 0.15) is 56.3 Å². The first kappa shape index (κ1) is 30.5. The van der Waals surface area contributed by atoms with Crippen LogP contribution in [-0.4, -0.2) is 51.3 Å². The quantitative estimate of drug-likeness (QED) is 0.348. The van der Waals surface area contributed by atoms with E-state index < -0.39 is 99.5 Å². The zero-order valence-corrected chi connectivity index (χ0v) is 23.7. The van der Waals surface area contributed by atoms with Gasteiger partial charge in [-0.05, 0) is 62.0 Å². The highest BCUT2D eigenvalue weighted by molar-refractivity contribution is 8.14. The van der Waals surface area contributed by atoms with Gasteiger partial charge >= 0.3 is 12.1 Å². The first-order valence-electron chi connectivity index (χ1n) is 13.4. The molecule has 2 unspecified atom stereocenters. The van der Waals surface area contributed by atoms with Gasteiger partial charge in [0.05, 0.1) is 17.9 Å². The largest absolute Gasteiger partial charge is 0.449 e. The molecule has 1 heterocycles. The van der Waals surface area contributed by atoms with Crippen molar-refractivity contribution in [3.8, 4) is 6.07 Å². The van der Waals surface area contributed by atoms with E-state index in [4.69, 9.17) is 10.00 Å². The van der Waals surface area contributed by atoms with Crippen LogP contribution >= 0.6 is 11.8 Å². The van der Waals surface area contributed by atoms with Gasteiger partial charge in [0.1, 0.15) is 6.17 Å². The number of ether oxygens (including phenoxy) is 1. The average molecular weight is 614 g/mol. The number of nitrogens with zero attached hydrogens (tertiary/aromatic N) is 1. The zero-order valence-electron chi connectivity index (χ0n) is 22.8. The molecule has 1 N–H and O–H groups in total. The van der Waals surface area contributed by atoms with E-state index in [1.807, 2.05) is 0 Å². The van der Waals surface area contributed by atoms with Crippen LogP contribution in [0.2, 0.25) is 0 Å². The van der Waals surface area contributed by atoms with E-state index in [2.05, 4.69) is 4.42 Å². The second-order valence-corrected chi connectivity index (χ2v) is 13.0. The topological polar surface area (TPSA) is 118 Å². The summed E-state index contributed by atoms with van der Waals surface area (Å²) in [6.07, 6.45) is -5.82. The summed E-state index contributed by atoms with van der Waals surface area (Å²) in [4.78, 5) is 39.2. The van der Waals surface area contributed by atoms with Gasteiger partial charge in [-0.2, -0.15) is 18.4 Å². The Labute approximate surface area is 242 Å². The van der Waals surface area contributed by atoms with Gasteiger partial charge < -0.3 is 14.3 Å². The number of hydrogen-bond acceptors (Lipinski definition) is 8. The maximum Gasteiger partial charge on any atom is 0.449 e. The lowest BCUT2D eigenvalue weighted by Gasteiger charge is -2.63. The third-order valence-corrected chi connectivity index (χ3v) is 10.9. The van der Waals surface area contributed by atoms with Gasteiger partial charge in [0.25, 0.3) is 0 Å². The molecule has 0 bridgehead atoms. The Morgan fingerprint density at radius 2 is 1.93 bits per heavy atom. The molecule has 0 spiro atoms. The molecule has 1 aromatic rings. The van der Waals surface area contributed by atoms with Crippen molar-refractivity contribution in [1.29, 1.82) is 5.26 Å². The molecule has 7 nitrogen and oxygen atoms in total. The minimum atomic E-state index is -4.89. The van der Waals surface area contributed by atoms with Gasteiger partial charge in [0.15, 0.2) is 17.1 Å². The molecule has 0 saturated heterocycles. The summed E-state index contributed by atoms with van der Waals surface area (Å²) in [5, 5.41) is 19.9. The normalized spacial score (nSPS) is 40.8. The summed E-state index contributed by atoms with van der Waals surface area (Å²) < 4.78 is 83.1. The van der Waals surface area contributed by atoms with Crippen LogP contribution in [0.5, 0.6) is 0 Å². The fourth-order valence-electron chi connectivity index (χ4n) is 8.22. The number of allylic oxidation sites excluding steroid dienone is 4. The standard InChI is InChI=1S/C29H28F5NO6S/c1-14-10-16-17-12-19(30)18-11-15(36)6-7-25(18,2)27(17,31)21(37)13-26(16,3)28(14,24(39)42-9-8-35)41-23(38)20-4-5-22(40-20)29(32,33)34/h4-7,11,14,16-17,19,21,37H,9-10,12-13H2,1-3H3/t14-,16?,17?,19+,21+,25+,26+,27+,28+/m1/s1. The van der Waals surface area contributed by atoms with Crippen molar-refractivity contribution in [2.45, 2.75) is 69.8 Å². The number of nitriles is 1. The van der Waals surface area contributed by atoms with E-state index in [1.54, 1.807) is 13.0 Å². The number of aliphatic hydroxyl groups is 1. The second kappa shape index (κ2) is 9.77. The number of alkyl halides is 5. The Kier molecular flexibility index (Phi) is 7.09. The molecule has 13 heteroatoms. The fraction of sp³-hybridized carbons (Fsp3) is 0.586. The Morgan fingerprint density at radius 1 is 1.24 bits per heavy atom. The Morgan fingerprint density at radius 3 is 2.55 bits per heavy atom. The van der Waals surface area contributed by atoms with Crippen LogP contribution < -0.4 is 0 Å². The minimum Gasteiger partial charge on any atom is -0.444 e. The van der Waals surface area contributed by atoms with Crippen LogP contribution in [-0.2, 0) is 20.5 Å². The first-order valence-corrected chi connectivity index (χ1v) is 14.4. The summed E-state index contributed by atoms with van der Waals surface area (Å²) in [6.45, 7) is 4.49. The number of ketones is 1. The van der Waals surface area contributed by atoms with E-state index in [0.29, 0.717) is 17.8 Å². The molecule has 0 radical (unpaired) electrons. The minimum absolute atomic E-state index is 0.0438. The van der Waals surface area contributed by atoms with Crippen LogP contribution in [0, 0.1) is 39.9 Å². The Balaban J connectivity index is 1.61. The number of fused-ring (bicyclic) bond motifs is 5. The van der Waals surface area contributed by atoms with Crippen molar-refractivity contribution in [1.82, 2.24) is 0 Å². The Hall–Kier alpha value is -2.98. The monoisotopic (exact) mass is 613 g/mol. The van der Waals surface area contributed by atoms with Crippen molar-refractivity contribution in [2.75, 3.05) is 5.75 Å². The fourth-order valence-corrected chi connectivity index (χ4v) is 9.11. The van der Waals surface area contributed by atoms with E-state index in [1.165, 1.54) is 19.9 Å². The predicted molar refractivity (Wildman–Crippen MR) is 138 cm³/mol. The number of carbonyl (C=O) groups excluding carboxylic acids is 3. The van der Waals surface area contributed by atoms with Crippen LogP contribution in [0.3, 0.4) is 0 Å². The first-order chi connectivity index (χ1) is 19.5. The summed E-state index contributed by atoms with van der Waals surface area (Å²) in [5.74, 6) is -7.42. The number of aliphatic hydroxyl groups excluding tert-OH is 1. The maximum atomic E-state index is 17.5. The molecule has 4 aliphatic rings. The van der Waals surface area contributed by atoms with Gasteiger partial charge in [0, 0.05) is 22.7 Å². The molecule has 0 amide bonds. The van der Waals surface area contributed by atoms with Crippen LogP contribution in [0.25, 0.3) is 0 Å². The summed E-state index contributed by atoms with van der Waals surface area (Å²) in [6, 6.07) is 3.10. The zero-order chi connectivity index (χ0) is 31.0. The number of esters is 1. The number of thioether (sulfide) groups is 1. The molecule has 4 aliphatic carbocycles. The summed E-state index contributed by atoms with van der Waals surface area (Å²) >= 11 is 0.530. The molecule has 0 aliphatic heterocycles. The van der Waals surface area contributed by atoms with Gasteiger partial charge in [-0.25, -0.2) is 13.6 Å². The molecule has 3 saturated carbocycles. The lowest BCUT2D eigenvalue weighted by Crippen LogP contribution is -2.70. The molecule has 42 heavy (non-hydrogen) atoms. The van der Waals surface area contributed by atoms with Crippen LogP contribution in [0.15, 0.2) is 40.4 Å². The SMILES string of the molecule is C[C@@H]1CC2C3C[C@H](F)C4=CC(=O)C=C[C@]4(C)[C@@]3(F)[C@@H](O)C[C@]2(C)[C@@]1(OC(=O)c1ccc(C(F)(F)F)o1)C(=O)SCC#N. The van der Waals surface area contributed by atoms with Gasteiger partial charge in [0.2, 0.25) is 16.6 Å². The highest BCUT2D eigenvalue weighted by Gasteiger charge is 2.78. The molecule has 9 atom stereocenters. The van der Waals surface area contributed by atoms with Crippen molar-refractivity contribution in [2.24, 2.45) is 28.6 Å². The van der Waals surface area contributed by atoms with E-state index in [-0.39, 0.29) is 17.7 Å². The third-order valence-electron chi connectivity index (χ3n) is 10.1. The molecule has 226 valence electrons. The number of rotatable bonds is 4. The van der Waals surface area contributed by atoms with E-state index in [9.17, 15) is 32.7 Å². The van der Waals surface area contributed by atoms with Gasteiger partial charge in [-0.15, -0.1) is 0 Å². The van der Waals surface area contributed by atoms with E-state index in [0.717, 1.165) is 18.2 Å². The van der Waals surface area contributed by atoms with E-state index >= 15 is 8.78 Å². The van der Waals surface area contributed by atoms with Crippen molar-refractivity contribution < 1.29 is 50.6 Å². The van der Waals surface area contributed by atoms with Crippen LogP contribution in [0.4, 0.5) is 22.0 Å². The van der Waals surface area contributed by atoms with Gasteiger partial charge in [-0.1, -0.05) is 31.7 Å². The Bertz CT molecular complexity index is 1450. The van der Waals surface area contributed by atoms with Gasteiger partial charge in [-0.3, -0.25) is 9.59 Å². The third kappa shape index (κ3) is 3.97. The molecule has 0 aromatic carbocycles. The molecule has 1 aromatic heterocycles. The summed E-state index contributed by atoms with van der Waals surface area (Å²) in [7, 11) is 0. The number of hydrogen-bond donors (Lipinski definition) is 1. The number of carbonyl (C=O) groups is 3. The van der Waals surface area contributed by atoms with Crippen molar-refractivity contribution in [3.63, 3.8) is 0 Å².